The second-order valence-electron chi connectivity index (χ2n) is 5.88. The number of carbonyl (C=O) groups excluding carboxylic acids is 1. The normalized spacial score (nSPS) is 10.7. The quantitative estimate of drug-likeness (QED) is 0.733. The minimum atomic E-state index is -0.325. The Balaban J connectivity index is 1.70. The number of hydrogen-bond acceptors (Lipinski definition) is 2. The van der Waals surface area contributed by atoms with Gasteiger partial charge in [0.1, 0.15) is 11.6 Å². The van der Waals surface area contributed by atoms with Crippen LogP contribution in [0.15, 0.2) is 54.7 Å². The van der Waals surface area contributed by atoms with Crippen LogP contribution in [0.1, 0.15) is 28.5 Å². The molecule has 0 bridgehead atoms. The van der Waals surface area contributed by atoms with Crippen LogP contribution in [0.3, 0.4) is 0 Å². The van der Waals surface area contributed by atoms with Crippen molar-refractivity contribution in [3.8, 4) is 5.69 Å². The summed E-state index contributed by atoms with van der Waals surface area (Å²) in [5, 5.41) is 7.11. The first-order valence-corrected chi connectivity index (χ1v) is 8.44. The highest BCUT2D eigenvalue weighted by molar-refractivity contribution is 5.95. The van der Waals surface area contributed by atoms with Gasteiger partial charge in [-0.2, -0.15) is 5.10 Å². The van der Waals surface area contributed by atoms with Crippen molar-refractivity contribution in [2.75, 3.05) is 6.54 Å². The molecular weight excluding hydrogens is 336 g/mol. The third kappa shape index (κ3) is 3.96. The number of benzene rings is 2. The number of nitrogens with zero attached hydrogens (tertiary/aromatic N) is 2. The minimum absolute atomic E-state index is 0.230. The van der Waals surface area contributed by atoms with E-state index in [-0.39, 0.29) is 17.5 Å². The molecule has 134 valence electrons. The van der Waals surface area contributed by atoms with Crippen molar-refractivity contribution in [1.29, 1.82) is 0 Å². The fourth-order valence-electron chi connectivity index (χ4n) is 2.82. The molecule has 0 radical (unpaired) electrons. The van der Waals surface area contributed by atoms with E-state index in [0.717, 1.165) is 11.3 Å². The summed E-state index contributed by atoms with van der Waals surface area (Å²) in [6, 6.07) is 12.3. The van der Waals surface area contributed by atoms with E-state index in [0.29, 0.717) is 30.6 Å². The van der Waals surface area contributed by atoms with Crippen molar-refractivity contribution >= 4 is 5.91 Å². The highest BCUT2D eigenvalue weighted by Gasteiger charge is 2.17. The van der Waals surface area contributed by atoms with Crippen molar-refractivity contribution in [1.82, 2.24) is 15.1 Å². The summed E-state index contributed by atoms with van der Waals surface area (Å²) in [5.41, 5.74) is 2.75. The average molecular weight is 355 g/mol. The molecule has 0 aliphatic carbocycles. The average Bonchev–Trinajstić information content (AvgIpc) is 3.06. The lowest BCUT2D eigenvalue weighted by Crippen LogP contribution is -2.26. The van der Waals surface area contributed by atoms with E-state index in [1.807, 2.05) is 13.0 Å². The lowest BCUT2D eigenvalue weighted by molar-refractivity contribution is 0.0953. The van der Waals surface area contributed by atoms with E-state index in [9.17, 15) is 13.6 Å². The topological polar surface area (TPSA) is 46.9 Å². The molecule has 4 nitrogen and oxygen atoms in total. The molecule has 0 aliphatic rings. The van der Waals surface area contributed by atoms with E-state index < -0.39 is 0 Å². The summed E-state index contributed by atoms with van der Waals surface area (Å²) >= 11 is 0. The molecule has 0 saturated carbocycles. The second kappa shape index (κ2) is 7.91. The Morgan fingerprint density at radius 1 is 1.12 bits per heavy atom. The molecule has 3 aromatic rings. The fourth-order valence-corrected chi connectivity index (χ4v) is 2.82. The van der Waals surface area contributed by atoms with Gasteiger partial charge < -0.3 is 5.32 Å². The maximum atomic E-state index is 13.2. The highest BCUT2D eigenvalue weighted by atomic mass is 19.1. The number of hydrogen-bond donors (Lipinski definition) is 1. The number of nitrogens with one attached hydrogen (secondary N) is 1. The molecule has 1 heterocycles. The molecule has 26 heavy (non-hydrogen) atoms. The lowest BCUT2D eigenvalue weighted by Gasteiger charge is -2.09. The van der Waals surface area contributed by atoms with Crippen molar-refractivity contribution in [2.24, 2.45) is 0 Å². The van der Waals surface area contributed by atoms with Crippen LogP contribution in [-0.4, -0.2) is 22.2 Å². The first kappa shape index (κ1) is 17.8. The Hall–Kier alpha value is -3.02. The van der Waals surface area contributed by atoms with Crippen LogP contribution in [-0.2, 0) is 12.8 Å². The summed E-state index contributed by atoms with van der Waals surface area (Å²) in [4.78, 5) is 12.5. The number of halogens is 2. The SMILES string of the molecule is CCc1c(C(=O)NCCc2cccc(F)c2)cnn1-c1ccc(F)cc1. The zero-order chi connectivity index (χ0) is 18.5. The van der Waals surface area contributed by atoms with Gasteiger partial charge in [-0.3, -0.25) is 4.79 Å². The van der Waals surface area contributed by atoms with Crippen LogP contribution in [0.4, 0.5) is 8.78 Å². The zero-order valence-corrected chi connectivity index (χ0v) is 14.4. The van der Waals surface area contributed by atoms with Crippen molar-refractivity contribution in [3.63, 3.8) is 0 Å². The minimum Gasteiger partial charge on any atom is -0.352 e. The molecule has 0 unspecified atom stereocenters. The van der Waals surface area contributed by atoms with Crippen LogP contribution < -0.4 is 5.32 Å². The summed E-state index contributed by atoms with van der Waals surface area (Å²) in [6.45, 7) is 2.33. The summed E-state index contributed by atoms with van der Waals surface area (Å²) < 4.78 is 27.9. The van der Waals surface area contributed by atoms with Gasteiger partial charge in [-0.1, -0.05) is 19.1 Å². The number of aromatic nitrogens is 2. The standard InChI is InChI=1S/C20H19F2N3O/c1-2-19-18(13-24-25(19)17-8-6-15(21)7-9-17)20(26)23-11-10-14-4-3-5-16(22)12-14/h3-9,12-13H,2,10-11H2,1H3,(H,23,26). The molecule has 0 aliphatic heterocycles. The van der Waals surface area contributed by atoms with Gasteiger partial charge in [0.25, 0.3) is 5.91 Å². The van der Waals surface area contributed by atoms with E-state index in [1.54, 1.807) is 22.9 Å². The summed E-state index contributed by atoms with van der Waals surface area (Å²) in [5.74, 6) is -0.844. The molecule has 6 heteroatoms. The lowest BCUT2D eigenvalue weighted by atomic mass is 10.1. The Kier molecular flexibility index (Phi) is 5.41. The molecule has 0 atom stereocenters. The maximum absolute atomic E-state index is 13.2. The first-order valence-electron chi connectivity index (χ1n) is 8.44. The summed E-state index contributed by atoms with van der Waals surface area (Å²) in [6.07, 6.45) is 2.65. The Morgan fingerprint density at radius 3 is 2.58 bits per heavy atom. The van der Waals surface area contributed by atoms with Crippen LogP contribution >= 0.6 is 0 Å². The molecule has 0 fully saturated rings. The monoisotopic (exact) mass is 355 g/mol. The first-order chi connectivity index (χ1) is 12.6. The number of amides is 1. The van der Waals surface area contributed by atoms with E-state index >= 15 is 0 Å². The Labute approximate surface area is 150 Å². The molecule has 0 spiro atoms. The van der Waals surface area contributed by atoms with Gasteiger partial charge in [-0.05, 0) is 54.8 Å². The van der Waals surface area contributed by atoms with Gasteiger partial charge in [0, 0.05) is 6.54 Å². The zero-order valence-electron chi connectivity index (χ0n) is 14.4. The Morgan fingerprint density at radius 2 is 1.88 bits per heavy atom. The molecule has 1 amide bonds. The molecule has 1 aromatic heterocycles. The van der Waals surface area contributed by atoms with Crippen molar-refractivity contribution < 1.29 is 13.6 Å². The maximum Gasteiger partial charge on any atom is 0.254 e. The third-order valence-corrected chi connectivity index (χ3v) is 4.11. The fraction of sp³-hybridized carbons (Fsp3) is 0.200. The smallest absolute Gasteiger partial charge is 0.254 e. The van der Waals surface area contributed by atoms with Crippen molar-refractivity contribution in [3.05, 3.63) is 83.2 Å². The van der Waals surface area contributed by atoms with E-state index in [2.05, 4.69) is 10.4 Å². The van der Waals surface area contributed by atoms with Gasteiger partial charge in [0.2, 0.25) is 0 Å². The van der Waals surface area contributed by atoms with Crippen LogP contribution in [0, 0.1) is 11.6 Å². The van der Waals surface area contributed by atoms with Gasteiger partial charge in [0.05, 0.1) is 23.1 Å². The van der Waals surface area contributed by atoms with Crippen LogP contribution in [0.2, 0.25) is 0 Å². The largest absolute Gasteiger partial charge is 0.352 e. The van der Waals surface area contributed by atoms with E-state index in [4.69, 9.17) is 0 Å². The van der Waals surface area contributed by atoms with Crippen LogP contribution in [0.25, 0.3) is 5.69 Å². The highest BCUT2D eigenvalue weighted by Crippen LogP contribution is 2.16. The molecular formula is C20H19F2N3O. The van der Waals surface area contributed by atoms with Gasteiger partial charge in [-0.25, -0.2) is 13.5 Å². The predicted octanol–water partition coefficient (Wildman–Crippen LogP) is 3.69. The van der Waals surface area contributed by atoms with Crippen LogP contribution in [0.5, 0.6) is 0 Å². The number of rotatable bonds is 6. The van der Waals surface area contributed by atoms with Gasteiger partial charge in [0.15, 0.2) is 0 Å². The van der Waals surface area contributed by atoms with Gasteiger partial charge >= 0.3 is 0 Å². The molecule has 3 rings (SSSR count). The third-order valence-electron chi connectivity index (χ3n) is 4.11. The van der Waals surface area contributed by atoms with Gasteiger partial charge in [-0.15, -0.1) is 0 Å². The molecule has 1 N–H and O–H groups in total. The van der Waals surface area contributed by atoms with E-state index in [1.165, 1.54) is 30.5 Å². The van der Waals surface area contributed by atoms with Crippen molar-refractivity contribution in [2.45, 2.75) is 19.8 Å². The second-order valence-corrected chi connectivity index (χ2v) is 5.88. The number of carbonyl (C=O) groups is 1. The summed E-state index contributed by atoms with van der Waals surface area (Å²) in [7, 11) is 0. The molecule has 0 saturated heterocycles. The predicted molar refractivity (Wildman–Crippen MR) is 95.3 cm³/mol. The Bertz CT molecular complexity index is 904. The molecule has 2 aromatic carbocycles.